The monoisotopic (exact) mass is 473 g/mol. The van der Waals surface area contributed by atoms with Gasteiger partial charge < -0.3 is 15.4 Å². The van der Waals surface area contributed by atoms with E-state index in [1.807, 2.05) is 47.4 Å². The van der Waals surface area contributed by atoms with Gasteiger partial charge in [0.15, 0.2) is 0 Å². The number of rotatable bonds is 8. The summed E-state index contributed by atoms with van der Waals surface area (Å²) in [5.41, 5.74) is 6.95. The van der Waals surface area contributed by atoms with Crippen molar-refractivity contribution in [1.29, 1.82) is 0 Å². The number of hydrogen-bond acceptors (Lipinski definition) is 5. The van der Waals surface area contributed by atoms with Crippen LogP contribution in [0.2, 0.25) is 0 Å². The number of carbonyl (C=O) groups excluding carboxylic acids is 1. The van der Waals surface area contributed by atoms with Gasteiger partial charge in [-0.3, -0.25) is 10.1 Å². The Hall–Kier alpha value is -1.02. The molecule has 2 aromatic rings. The van der Waals surface area contributed by atoms with Gasteiger partial charge in [-0.15, -0.1) is 24.8 Å². The van der Waals surface area contributed by atoms with Gasteiger partial charge in [-0.05, 0) is 48.3 Å². The highest BCUT2D eigenvalue weighted by atomic mass is 35.5. The van der Waals surface area contributed by atoms with E-state index < -0.39 is 5.66 Å². The Kier molecular flexibility index (Phi) is 11.5. The highest BCUT2D eigenvalue weighted by molar-refractivity contribution is 7.80. The molecule has 30 heavy (non-hydrogen) atoms. The van der Waals surface area contributed by atoms with E-state index in [-0.39, 0.29) is 36.8 Å². The highest BCUT2D eigenvalue weighted by Gasteiger charge is 2.43. The van der Waals surface area contributed by atoms with Crippen LogP contribution in [0.4, 0.5) is 0 Å². The summed E-state index contributed by atoms with van der Waals surface area (Å²) in [5.74, 6) is 0.838. The predicted molar refractivity (Wildman–Crippen MR) is 132 cm³/mol. The number of thiol groups is 1. The standard InChI is InChI=1S/C22H31N3O2S.2ClH/c1-27-15-6-12-22(23)20(11-5-16-28)25(14-13-24-22)21(26)19-10-4-8-17-7-2-3-9-18(17)19;;/h2-4,7-10,20,24,28H,5-6,11-16,23H2,1H3;2*1H/t20?,22-;;/m0../s1. The molecular formula is C22H33Cl2N3O2S. The lowest BCUT2D eigenvalue weighted by molar-refractivity contribution is 0.0297. The van der Waals surface area contributed by atoms with Gasteiger partial charge in [-0.25, -0.2) is 0 Å². The number of benzene rings is 2. The Morgan fingerprint density at radius 3 is 2.70 bits per heavy atom. The zero-order valence-corrected chi connectivity index (χ0v) is 19.9. The Morgan fingerprint density at radius 2 is 1.97 bits per heavy atom. The number of amides is 1. The third-order valence-electron chi connectivity index (χ3n) is 5.63. The Labute approximate surface area is 197 Å². The summed E-state index contributed by atoms with van der Waals surface area (Å²) in [7, 11) is 1.70. The van der Waals surface area contributed by atoms with Crippen molar-refractivity contribution in [1.82, 2.24) is 10.2 Å². The van der Waals surface area contributed by atoms with Crippen molar-refractivity contribution >= 4 is 54.1 Å². The van der Waals surface area contributed by atoms with Gasteiger partial charge in [0.05, 0.1) is 11.7 Å². The van der Waals surface area contributed by atoms with Crippen LogP contribution in [0.1, 0.15) is 36.0 Å². The number of nitrogens with two attached hydrogens (primary N) is 1. The quantitative estimate of drug-likeness (QED) is 0.401. The molecule has 8 heteroatoms. The van der Waals surface area contributed by atoms with Gasteiger partial charge in [0.2, 0.25) is 0 Å². The maximum atomic E-state index is 13.6. The van der Waals surface area contributed by atoms with E-state index in [4.69, 9.17) is 10.5 Å². The fraction of sp³-hybridized carbons (Fsp3) is 0.500. The van der Waals surface area contributed by atoms with E-state index >= 15 is 0 Å². The topological polar surface area (TPSA) is 67.6 Å². The zero-order valence-electron chi connectivity index (χ0n) is 17.4. The summed E-state index contributed by atoms with van der Waals surface area (Å²) in [6.07, 6.45) is 3.36. The lowest BCUT2D eigenvalue weighted by Crippen LogP contribution is -2.72. The van der Waals surface area contributed by atoms with Crippen LogP contribution in [0.25, 0.3) is 10.8 Å². The van der Waals surface area contributed by atoms with Crippen molar-refractivity contribution in [3.8, 4) is 0 Å². The molecule has 1 unspecified atom stereocenters. The second-order valence-corrected chi connectivity index (χ2v) is 7.92. The van der Waals surface area contributed by atoms with E-state index in [1.165, 1.54) is 0 Å². The minimum Gasteiger partial charge on any atom is -0.385 e. The van der Waals surface area contributed by atoms with E-state index in [9.17, 15) is 4.79 Å². The third-order valence-corrected chi connectivity index (χ3v) is 5.95. The number of ether oxygens (including phenoxy) is 1. The first-order chi connectivity index (χ1) is 13.6. The Bertz CT molecular complexity index is 806. The van der Waals surface area contributed by atoms with Crippen molar-refractivity contribution in [2.45, 2.75) is 37.4 Å². The maximum absolute atomic E-state index is 13.6. The van der Waals surface area contributed by atoms with E-state index in [0.29, 0.717) is 19.7 Å². The molecule has 0 saturated carbocycles. The SMILES string of the molecule is COCCC[C@]1(N)NCCN(C(=O)c2cccc3ccccc23)C1CCCS.Cl.Cl. The molecule has 1 aliphatic rings. The maximum Gasteiger partial charge on any atom is 0.254 e. The molecule has 1 amide bonds. The van der Waals surface area contributed by atoms with E-state index in [0.717, 1.165) is 47.8 Å². The summed E-state index contributed by atoms with van der Waals surface area (Å²) in [5, 5.41) is 5.56. The molecule has 2 aromatic carbocycles. The van der Waals surface area contributed by atoms with Crippen molar-refractivity contribution in [3.63, 3.8) is 0 Å². The third kappa shape index (κ3) is 6.02. The van der Waals surface area contributed by atoms with Crippen LogP contribution in [0.5, 0.6) is 0 Å². The molecule has 0 spiro atoms. The molecule has 0 aliphatic carbocycles. The van der Waals surface area contributed by atoms with E-state index in [2.05, 4.69) is 17.9 Å². The summed E-state index contributed by atoms with van der Waals surface area (Å²) >= 11 is 4.38. The molecule has 3 rings (SSSR count). The number of nitrogens with zero attached hydrogens (tertiary/aromatic N) is 1. The van der Waals surface area contributed by atoms with Crippen molar-refractivity contribution in [3.05, 3.63) is 48.0 Å². The van der Waals surface area contributed by atoms with Crippen LogP contribution in [-0.2, 0) is 4.74 Å². The summed E-state index contributed by atoms with van der Waals surface area (Å²) in [6, 6.07) is 13.9. The summed E-state index contributed by atoms with van der Waals surface area (Å²) in [4.78, 5) is 15.6. The second-order valence-electron chi connectivity index (χ2n) is 7.47. The smallest absolute Gasteiger partial charge is 0.254 e. The second kappa shape index (κ2) is 12.7. The number of halogens is 2. The van der Waals surface area contributed by atoms with Crippen LogP contribution in [-0.4, -0.2) is 55.1 Å². The van der Waals surface area contributed by atoms with Crippen molar-refractivity contribution in [2.24, 2.45) is 5.73 Å². The molecular weight excluding hydrogens is 441 g/mol. The number of fused-ring (bicyclic) bond motifs is 1. The normalized spacial score (nSPS) is 21.0. The molecule has 3 N–H and O–H groups in total. The lowest BCUT2D eigenvalue weighted by Gasteiger charge is -2.49. The van der Waals surface area contributed by atoms with Crippen LogP contribution in [0, 0.1) is 0 Å². The number of hydrogen-bond donors (Lipinski definition) is 3. The Balaban J connectivity index is 0.00000225. The lowest BCUT2D eigenvalue weighted by atomic mass is 9.88. The first kappa shape index (κ1) is 27.0. The molecule has 1 saturated heterocycles. The van der Waals surface area contributed by atoms with Gasteiger partial charge in [-0.1, -0.05) is 36.4 Å². The van der Waals surface area contributed by atoms with Crippen LogP contribution >= 0.6 is 37.4 Å². The van der Waals surface area contributed by atoms with Gasteiger partial charge in [-0.2, -0.15) is 12.6 Å². The molecule has 1 heterocycles. The fourth-order valence-corrected chi connectivity index (χ4v) is 4.42. The van der Waals surface area contributed by atoms with Crippen LogP contribution in [0.15, 0.2) is 42.5 Å². The number of methoxy groups -OCH3 is 1. The van der Waals surface area contributed by atoms with Crippen LogP contribution < -0.4 is 11.1 Å². The minimum absolute atomic E-state index is 0. The molecule has 1 aliphatic heterocycles. The molecule has 0 aromatic heterocycles. The van der Waals surface area contributed by atoms with Gasteiger partial charge >= 0.3 is 0 Å². The summed E-state index contributed by atoms with van der Waals surface area (Å²) < 4.78 is 5.21. The first-order valence-electron chi connectivity index (χ1n) is 10.0. The highest BCUT2D eigenvalue weighted by Crippen LogP contribution is 2.28. The Morgan fingerprint density at radius 1 is 1.23 bits per heavy atom. The fourth-order valence-electron chi connectivity index (χ4n) is 4.23. The minimum atomic E-state index is -0.611. The first-order valence-corrected chi connectivity index (χ1v) is 10.7. The molecule has 2 atom stereocenters. The van der Waals surface area contributed by atoms with Gasteiger partial charge in [0.25, 0.3) is 5.91 Å². The van der Waals surface area contributed by atoms with Gasteiger partial charge in [0.1, 0.15) is 0 Å². The van der Waals surface area contributed by atoms with Crippen molar-refractivity contribution in [2.75, 3.05) is 32.6 Å². The number of carbonyl (C=O) groups is 1. The number of piperazine rings is 1. The number of nitrogens with one attached hydrogen (secondary N) is 1. The molecule has 5 nitrogen and oxygen atoms in total. The van der Waals surface area contributed by atoms with Gasteiger partial charge in [0, 0.05) is 32.4 Å². The van der Waals surface area contributed by atoms with Crippen LogP contribution in [0.3, 0.4) is 0 Å². The average molecular weight is 474 g/mol. The molecule has 168 valence electrons. The molecule has 0 bridgehead atoms. The summed E-state index contributed by atoms with van der Waals surface area (Å²) in [6.45, 7) is 2.01. The molecule has 1 fully saturated rings. The average Bonchev–Trinajstić information content (AvgIpc) is 2.72. The zero-order chi connectivity index (χ0) is 20.0. The van der Waals surface area contributed by atoms with Crippen molar-refractivity contribution < 1.29 is 9.53 Å². The van der Waals surface area contributed by atoms with E-state index in [1.54, 1.807) is 7.11 Å². The predicted octanol–water partition coefficient (Wildman–Crippen LogP) is 3.89. The molecule has 0 radical (unpaired) electrons. The largest absolute Gasteiger partial charge is 0.385 e.